The third kappa shape index (κ3) is 4.22. The van der Waals surface area contributed by atoms with Gasteiger partial charge in [-0.05, 0) is 75.8 Å². The minimum atomic E-state index is -0.309. The number of carbonyl (C=O) groups excluding carboxylic acids is 1. The van der Waals surface area contributed by atoms with Gasteiger partial charge in [0.25, 0.3) is 0 Å². The summed E-state index contributed by atoms with van der Waals surface area (Å²) in [5.41, 5.74) is 4.75. The van der Waals surface area contributed by atoms with E-state index in [1.54, 1.807) is 0 Å². The number of rotatable bonds is 4. The van der Waals surface area contributed by atoms with Gasteiger partial charge in [0.05, 0.1) is 0 Å². The van der Waals surface area contributed by atoms with Crippen LogP contribution in [0.1, 0.15) is 56.7 Å². The number of fused-ring (bicyclic) bond motifs is 1. The van der Waals surface area contributed by atoms with Crippen LogP contribution in [-0.4, -0.2) is 53.2 Å². The number of hydrogen-bond acceptors (Lipinski definition) is 4. The Morgan fingerprint density at radius 3 is 2.96 bits per heavy atom. The third-order valence-electron chi connectivity index (χ3n) is 5.79. The SMILES string of the molecule is CC(C)NC(=O)O[C@@H]1CC[C@H](c2cnc3[nH]c(C4=CCN(C)CC4)cc3c2)C1. The van der Waals surface area contributed by atoms with Crippen molar-refractivity contribution in [3.63, 3.8) is 0 Å². The number of likely N-dealkylation sites (N-methyl/N-ethyl adjacent to an activating group) is 1. The fraction of sp³-hybridized carbons (Fsp3) is 0.545. The number of aromatic nitrogens is 2. The van der Waals surface area contributed by atoms with Gasteiger partial charge in [-0.3, -0.25) is 0 Å². The molecule has 2 aromatic heterocycles. The molecule has 1 aliphatic carbocycles. The molecule has 0 spiro atoms. The number of H-pyrrole nitrogens is 1. The fourth-order valence-corrected chi connectivity index (χ4v) is 4.21. The van der Waals surface area contributed by atoms with E-state index in [2.05, 4.69) is 45.4 Å². The molecule has 2 aromatic rings. The topological polar surface area (TPSA) is 70.2 Å². The van der Waals surface area contributed by atoms with Gasteiger partial charge in [0.15, 0.2) is 0 Å². The van der Waals surface area contributed by atoms with E-state index in [-0.39, 0.29) is 18.2 Å². The van der Waals surface area contributed by atoms with Crippen molar-refractivity contribution in [3.8, 4) is 0 Å². The lowest BCUT2D eigenvalue weighted by molar-refractivity contribution is 0.0982. The summed E-state index contributed by atoms with van der Waals surface area (Å²) >= 11 is 0. The van der Waals surface area contributed by atoms with E-state index < -0.39 is 0 Å². The lowest BCUT2D eigenvalue weighted by Crippen LogP contribution is -2.33. The minimum Gasteiger partial charge on any atom is -0.446 e. The highest BCUT2D eigenvalue weighted by molar-refractivity contribution is 5.82. The first kappa shape index (κ1) is 19.0. The second-order valence-electron chi connectivity index (χ2n) is 8.47. The monoisotopic (exact) mass is 382 g/mol. The van der Waals surface area contributed by atoms with Gasteiger partial charge >= 0.3 is 6.09 Å². The van der Waals surface area contributed by atoms with Gasteiger partial charge in [0, 0.05) is 36.4 Å². The van der Waals surface area contributed by atoms with Gasteiger partial charge in [0.1, 0.15) is 11.8 Å². The molecule has 2 N–H and O–H groups in total. The maximum Gasteiger partial charge on any atom is 0.407 e. The van der Waals surface area contributed by atoms with Crippen LogP contribution >= 0.6 is 0 Å². The van der Waals surface area contributed by atoms with Crippen molar-refractivity contribution in [2.24, 2.45) is 0 Å². The minimum absolute atomic E-state index is 0.00869. The van der Waals surface area contributed by atoms with E-state index in [4.69, 9.17) is 4.74 Å². The Morgan fingerprint density at radius 2 is 2.21 bits per heavy atom. The van der Waals surface area contributed by atoms with E-state index >= 15 is 0 Å². The number of nitrogens with one attached hydrogen (secondary N) is 2. The molecule has 1 aliphatic heterocycles. The standard InChI is InChI=1S/C22H30N4O2/c1-14(2)24-22(27)28-19-5-4-16(11-19)18-10-17-12-20(25-21(17)23-13-18)15-6-8-26(3)9-7-15/h6,10,12-14,16,19H,4-5,7-9,11H2,1-3H3,(H,23,25)(H,24,27)/t16-,19+/m0/s1. The molecule has 2 atom stereocenters. The predicted molar refractivity (Wildman–Crippen MR) is 111 cm³/mol. The van der Waals surface area contributed by atoms with Crippen molar-refractivity contribution in [2.45, 2.75) is 57.6 Å². The number of amides is 1. The molecule has 0 radical (unpaired) electrons. The molecule has 4 rings (SSSR count). The third-order valence-corrected chi connectivity index (χ3v) is 5.79. The van der Waals surface area contributed by atoms with E-state index in [0.717, 1.165) is 49.8 Å². The van der Waals surface area contributed by atoms with E-state index in [1.807, 2.05) is 20.0 Å². The van der Waals surface area contributed by atoms with Crippen LogP contribution in [0.5, 0.6) is 0 Å². The second-order valence-corrected chi connectivity index (χ2v) is 8.47. The van der Waals surface area contributed by atoms with Crippen LogP contribution in [0.2, 0.25) is 0 Å². The van der Waals surface area contributed by atoms with Crippen LogP contribution in [0, 0.1) is 0 Å². The highest BCUT2D eigenvalue weighted by Crippen LogP contribution is 2.37. The lowest BCUT2D eigenvalue weighted by atomic mass is 9.98. The average Bonchev–Trinajstić information content (AvgIpc) is 3.27. The van der Waals surface area contributed by atoms with Gasteiger partial charge in [0.2, 0.25) is 0 Å². The maximum atomic E-state index is 11.8. The van der Waals surface area contributed by atoms with Gasteiger partial charge in [-0.15, -0.1) is 0 Å². The quantitative estimate of drug-likeness (QED) is 0.837. The molecule has 3 heterocycles. The van der Waals surface area contributed by atoms with E-state index in [0.29, 0.717) is 5.92 Å². The Morgan fingerprint density at radius 1 is 1.36 bits per heavy atom. The Labute approximate surface area is 166 Å². The Kier molecular flexibility index (Phi) is 5.40. The van der Waals surface area contributed by atoms with Crippen LogP contribution < -0.4 is 5.32 Å². The summed E-state index contributed by atoms with van der Waals surface area (Å²) in [4.78, 5) is 22.3. The van der Waals surface area contributed by atoms with E-state index in [9.17, 15) is 4.79 Å². The molecule has 2 aliphatic rings. The highest BCUT2D eigenvalue weighted by atomic mass is 16.6. The molecule has 1 fully saturated rings. The molecule has 150 valence electrons. The summed E-state index contributed by atoms with van der Waals surface area (Å²) in [6.45, 7) is 5.96. The number of nitrogens with zero attached hydrogens (tertiary/aromatic N) is 2. The van der Waals surface area contributed by atoms with Gasteiger partial charge in [-0.25, -0.2) is 9.78 Å². The van der Waals surface area contributed by atoms with Crippen molar-refractivity contribution in [1.29, 1.82) is 0 Å². The van der Waals surface area contributed by atoms with E-state index in [1.165, 1.54) is 16.8 Å². The normalized spacial score (nSPS) is 23.2. The van der Waals surface area contributed by atoms with Crippen molar-refractivity contribution in [3.05, 3.63) is 35.7 Å². The molecule has 0 bridgehead atoms. The number of aromatic amines is 1. The zero-order valence-corrected chi connectivity index (χ0v) is 17.0. The first-order chi connectivity index (χ1) is 13.5. The Bertz CT molecular complexity index is 886. The van der Waals surface area contributed by atoms with Gasteiger partial charge in [-0.2, -0.15) is 0 Å². The zero-order valence-electron chi connectivity index (χ0n) is 17.0. The fourth-order valence-electron chi connectivity index (χ4n) is 4.21. The van der Waals surface area contributed by atoms with Crippen LogP contribution in [0.25, 0.3) is 16.6 Å². The number of ether oxygens (including phenoxy) is 1. The first-order valence-corrected chi connectivity index (χ1v) is 10.3. The molecular formula is C22H30N4O2. The molecular weight excluding hydrogens is 352 g/mol. The smallest absolute Gasteiger partial charge is 0.407 e. The summed E-state index contributed by atoms with van der Waals surface area (Å²) in [6, 6.07) is 4.57. The van der Waals surface area contributed by atoms with Crippen molar-refractivity contribution in [2.75, 3.05) is 20.1 Å². The predicted octanol–water partition coefficient (Wildman–Crippen LogP) is 4.05. The number of hydrogen-bond donors (Lipinski definition) is 2. The summed E-state index contributed by atoms with van der Waals surface area (Å²) in [6.07, 6.45) is 7.84. The zero-order chi connectivity index (χ0) is 19.7. The van der Waals surface area contributed by atoms with Crippen LogP contribution in [0.4, 0.5) is 4.79 Å². The lowest BCUT2D eigenvalue weighted by Gasteiger charge is -2.21. The number of pyridine rings is 1. The Hall–Kier alpha value is -2.34. The molecule has 1 saturated carbocycles. The van der Waals surface area contributed by atoms with Crippen LogP contribution in [0.3, 0.4) is 0 Å². The van der Waals surface area contributed by atoms with Gasteiger partial charge < -0.3 is 19.9 Å². The van der Waals surface area contributed by atoms with Crippen LogP contribution in [-0.2, 0) is 4.74 Å². The second kappa shape index (κ2) is 7.95. The van der Waals surface area contributed by atoms with Crippen LogP contribution in [0.15, 0.2) is 24.4 Å². The molecule has 6 nitrogen and oxygen atoms in total. The molecule has 6 heteroatoms. The largest absolute Gasteiger partial charge is 0.446 e. The van der Waals surface area contributed by atoms with Crippen molar-refractivity contribution in [1.82, 2.24) is 20.2 Å². The summed E-state index contributed by atoms with van der Waals surface area (Å²) in [5.74, 6) is 0.398. The number of carbonyl (C=O) groups is 1. The summed E-state index contributed by atoms with van der Waals surface area (Å²) < 4.78 is 5.57. The molecule has 0 aromatic carbocycles. The molecule has 0 saturated heterocycles. The first-order valence-electron chi connectivity index (χ1n) is 10.3. The molecule has 28 heavy (non-hydrogen) atoms. The molecule has 0 unspecified atom stereocenters. The van der Waals surface area contributed by atoms with Gasteiger partial charge in [-0.1, -0.05) is 6.08 Å². The summed E-state index contributed by atoms with van der Waals surface area (Å²) in [5, 5.41) is 3.96. The molecule has 1 amide bonds. The number of alkyl carbamates (subject to hydrolysis) is 1. The average molecular weight is 383 g/mol. The maximum absolute atomic E-state index is 11.8. The highest BCUT2D eigenvalue weighted by Gasteiger charge is 2.29. The summed E-state index contributed by atoms with van der Waals surface area (Å²) in [7, 11) is 2.15. The Balaban J connectivity index is 1.44. The van der Waals surface area contributed by atoms with Crippen molar-refractivity contribution >= 4 is 22.7 Å². The van der Waals surface area contributed by atoms with Crippen molar-refractivity contribution < 1.29 is 9.53 Å².